The summed E-state index contributed by atoms with van der Waals surface area (Å²) in [4.78, 5) is 46.1. The molecule has 0 aliphatic carbocycles. The molecule has 11 rings (SSSR count). The van der Waals surface area contributed by atoms with Crippen molar-refractivity contribution < 1.29 is 45.3 Å². The fourth-order valence-corrected chi connectivity index (χ4v) is 12.5. The average Bonchev–Trinajstić information content (AvgIpc) is 4.11. The molecule has 0 N–H and O–H groups in total. The summed E-state index contributed by atoms with van der Waals surface area (Å²) < 4.78 is 101. The van der Waals surface area contributed by atoms with E-state index in [0.717, 1.165) is 99.3 Å². The summed E-state index contributed by atoms with van der Waals surface area (Å²) in [6.07, 6.45) is -1.61. The van der Waals surface area contributed by atoms with Crippen molar-refractivity contribution in [1.82, 2.24) is 34.6 Å². The Hall–Kier alpha value is -7.63. The number of piperidine rings is 1. The number of carbonyl (C=O) groups is 1. The van der Waals surface area contributed by atoms with Crippen molar-refractivity contribution in [1.29, 1.82) is 10.5 Å². The number of aromatic nitrogens is 4. The van der Waals surface area contributed by atoms with Crippen molar-refractivity contribution in [3.05, 3.63) is 118 Å². The zero-order chi connectivity index (χ0) is 59.0. The standard InChI is InChI=1S/C34H38F3N7O3.C27H33F3N6O/c1-41-16-7-10-26(41)23-46-32-39-29-21-42(30-12-6-5-11-28(30)34(35,36)37)17-14-27(29)31(40-32)43-18-19-44(25(20-43)13-15-38)33(45)47-22-24-8-3-2-4-9-24;1-34-13-5-7-20(34)18-37-26-32-23-17-35(24-9-3-2-8-22(24)27(28,29)30)15-11-21(23)25(33-26)36-14-4-6-19(16-36)10-12-31/h2-6,8-9,11-12,25-26H,7,10,13-14,16-23H2,1H3;2-3,8-9,19-20H,4-7,10-11,13-18H2,1H3/t25?,26-;19?,20-/m00/s1. The second-order valence-corrected chi connectivity index (χ2v) is 22.6. The topological polar surface area (TPSA) is 167 Å². The van der Waals surface area contributed by atoms with Crippen molar-refractivity contribution in [3.63, 3.8) is 0 Å². The first-order chi connectivity index (χ1) is 40.5. The number of nitriles is 2. The zero-order valence-corrected chi connectivity index (χ0v) is 47.5. The predicted octanol–water partition coefficient (Wildman–Crippen LogP) is 9.93. The first-order valence-corrected chi connectivity index (χ1v) is 29.0. The van der Waals surface area contributed by atoms with Crippen LogP contribution in [0.1, 0.15) is 90.6 Å². The number of amides is 1. The SMILES string of the molecule is CN1CCC[C@H]1COc1nc2c(c(N3CCCC(CC#N)C3)n1)CCN(c1ccccc1C(F)(F)F)C2.CN1CCC[C@H]1COc1nc2c(c(N3CCN(C(=O)OCc4ccccc4)C(CC#N)C3)n1)CCN(c1ccccc1C(F)(F)F)C2. The summed E-state index contributed by atoms with van der Waals surface area (Å²) in [5.41, 5.74) is 2.96. The third-order valence-corrected chi connectivity index (χ3v) is 17.0. The van der Waals surface area contributed by atoms with E-state index in [1.54, 1.807) is 26.8 Å². The lowest BCUT2D eigenvalue weighted by Gasteiger charge is -2.42. The van der Waals surface area contributed by atoms with Crippen LogP contribution in [0.2, 0.25) is 0 Å². The number of nitrogens with zero attached hydrogens (tertiary/aromatic N) is 13. The summed E-state index contributed by atoms with van der Waals surface area (Å²) in [6, 6.07) is 25.7. The number of anilines is 4. The maximum atomic E-state index is 13.9. The number of fused-ring (bicyclic) bond motifs is 2. The van der Waals surface area contributed by atoms with Crippen LogP contribution < -0.4 is 29.1 Å². The van der Waals surface area contributed by atoms with Gasteiger partial charge in [-0.2, -0.15) is 56.8 Å². The molecule has 0 radical (unpaired) electrons. The summed E-state index contributed by atoms with van der Waals surface area (Å²) in [6.45, 7) is 6.87. The number of rotatable bonds is 14. The van der Waals surface area contributed by atoms with Gasteiger partial charge in [-0.05, 0) is 114 Å². The number of likely N-dealkylation sites (N-methyl/N-ethyl adjacent to an activating group) is 2. The normalized spacial score (nSPS) is 21.2. The minimum atomic E-state index is -4.49. The molecule has 2 aromatic heterocycles. The molecule has 17 nitrogen and oxygen atoms in total. The van der Waals surface area contributed by atoms with E-state index in [0.29, 0.717) is 88.4 Å². The quantitative estimate of drug-likeness (QED) is 0.0963. The van der Waals surface area contributed by atoms with Gasteiger partial charge < -0.3 is 48.5 Å². The van der Waals surface area contributed by atoms with E-state index in [1.165, 1.54) is 24.3 Å². The van der Waals surface area contributed by atoms with Gasteiger partial charge in [-0.15, -0.1) is 0 Å². The number of alkyl halides is 6. The van der Waals surface area contributed by atoms with Crippen LogP contribution in [0.5, 0.6) is 12.0 Å². The number of benzene rings is 3. The molecule has 6 aliphatic heterocycles. The van der Waals surface area contributed by atoms with Crippen molar-refractivity contribution in [2.45, 2.75) is 114 Å². The number of hydrogen-bond donors (Lipinski definition) is 0. The zero-order valence-electron chi connectivity index (χ0n) is 47.5. The largest absolute Gasteiger partial charge is 0.462 e. The molecule has 84 heavy (non-hydrogen) atoms. The number of para-hydroxylation sites is 2. The molecule has 3 aromatic carbocycles. The summed E-state index contributed by atoms with van der Waals surface area (Å²) >= 11 is 0. The van der Waals surface area contributed by atoms with E-state index in [1.807, 2.05) is 35.2 Å². The highest BCUT2D eigenvalue weighted by molar-refractivity contribution is 5.69. The number of likely N-dealkylation sites (tertiary alicyclic amines) is 2. The fraction of sp³-hybridized carbons (Fsp3) is 0.525. The van der Waals surface area contributed by atoms with Gasteiger partial charge in [0.05, 0.1) is 60.2 Å². The Bertz CT molecular complexity index is 3160. The van der Waals surface area contributed by atoms with Gasteiger partial charge in [-0.1, -0.05) is 54.6 Å². The van der Waals surface area contributed by atoms with E-state index in [9.17, 15) is 41.7 Å². The smallest absolute Gasteiger partial charge is 0.418 e. The molecule has 1 amide bonds. The molecule has 4 atom stereocenters. The van der Waals surface area contributed by atoms with Crippen LogP contribution in [-0.4, -0.2) is 145 Å². The summed E-state index contributed by atoms with van der Waals surface area (Å²) in [7, 11) is 4.13. The monoisotopic (exact) mass is 1160 g/mol. The number of ether oxygens (including phenoxy) is 3. The molecule has 6 aliphatic rings. The van der Waals surface area contributed by atoms with Gasteiger partial charge in [0.25, 0.3) is 0 Å². The fourth-order valence-electron chi connectivity index (χ4n) is 12.5. The van der Waals surface area contributed by atoms with Crippen LogP contribution in [0, 0.1) is 28.6 Å². The second kappa shape index (κ2) is 26.5. The maximum Gasteiger partial charge on any atom is 0.418 e. The van der Waals surface area contributed by atoms with Gasteiger partial charge >= 0.3 is 30.5 Å². The van der Waals surface area contributed by atoms with Crippen molar-refractivity contribution in [2.24, 2.45) is 5.92 Å². The van der Waals surface area contributed by atoms with Crippen molar-refractivity contribution in [2.75, 3.05) is 106 Å². The molecule has 446 valence electrons. The molecule has 5 aromatic rings. The van der Waals surface area contributed by atoms with Gasteiger partial charge in [-0.25, -0.2) is 4.79 Å². The molecular formula is C61H71F6N13O4. The lowest BCUT2D eigenvalue weighted by molar-refractivity contribution is -0.138. The summed E-state index contributed by atoms with van der Waals surface area (Å²) in [5, 5.41) is 18.9. The minimum absolute atomic E-state index is 0.101. The highest BCUT2D eigenvalue weighted by atomic mass is 19.4. The van der Waals surface area contributed by atoms with Gasteiger partial charge in [0, 0.05) is 86.8 Å². The Balaban J connectivity index is 0.000000193. The van der Waals surface area contributed by atoms with Crippen LogP contribution in [0.15, 0.2) is 78.9 Å². The van der Waals surface area contributed by atoms with Crippen LogP contribution >= 0.6 is 0 Å². The molecule has 2 unspecified atom stereocenters. The van der Waals surface area contributed by atoms with Crippen LogP contribution in [0.3, 0.4) is 0 Å². The van der Waals surface area contributed by atoms with Crippen LogP contribution in [-0.2, 0) is 49.6 Å². The molecular weight excluding hydrogens is 1090 g/mol. The Kier molecular flexibility index (Phi) is 18.8. The lowest BCUT2D eigenvalue weighted by atomic mass is 9.94. The number of carbonyl (C=O) groups excluding carboxylic acids is 1. The molecule has 4 saturated heterocycles. The molecule has 0 saturated carbocycles. The number of hydrogen-bond acceptors (Lipinski definition) is 16. The highest BCUT2D eigenvalue weighted by Gasteiger charge is 2.40. The van der Waals surface area contributed by atoms with Gasteiger partial charge in [0.2, 0.25) is 0 Å². The molecule has 23 heteroatoms. The molecule has 4 fully saturated rings. The van der Waals surface area contributed by atoms with E-state index >= 15 is 0 Å². The van der Waals surface area contributed by atoms with Crippen LogP contribution in [0.4, 0.5) is 54.1 Å². The maximum absolute atomic E-state index is 13.9. The van der Waals surface area contributed by atoms with Crippen molar-refractivity contribution in [3.8, 4) is 24.2 Å². The van der Waals surface area contributed by atoms with E-state index in [2.05, 4.69) is 40.9 Å². The average molecular weight is 1160 g/mol. The Morgan fingerprint density at radius 2 is 1.07 bits per heavy atom. The second-order valence-electron chi connectivity index (χ2n) is 22.6. The molecule has 0 bridgehead atoms. The number of halogens is 6. The first-order valence-electron chi connectivity index (χ1n) is 29.0. The molecule has 0 spiro atoms. The Morgan fingerprint density at radius 1 is 0.571 bits per heavy atom. The van der Waals surface area contributed by atoms with Crippen molar-refractivity contribution >= 4 is 29.1 Å². The van der Waals surface area contributed by atoms with Gasteiger partial charge in [-0.3, -0.25) is 0 Å². The van der Waals surface area contributed by atoms with Gasteiger partial charge in [0.15, 0.2) is 0 Å². The Labute approximate surface area is 486 Å². The van der Waals surface area contributed by atoms with E-state index in [4.69, 9.17) is 34.1 Å². The predicted molar refractivity (Wildman–Crippen MR) is 303 cm³/mol. The third-order valence-electron chi connectivity index (χ3n) is 17.0. The van der Waals surface area contributed by atoms with E-state index in [-0.39, 0.29) is 61.5 Å². The van der Waals surface area contributed by atoms with Gasteiger partial charge in [0.1, 0.15) is 31.5 Å². The lowest BCUT2D eigenvalue weighted by Crippen LogP contribution is -2.55. The molecule has 8 heterocycles. The first kappa shape index (κ1) is 59.5. The highest BCUT2D eigenvalue weighted by Crippen LogP contribution is 2.42. The van der Waals surface area contributed by atoms with Crippen LogP contribution in [0.25, 0.3) is 0 Å². The minimum Gasteiger partial charge on any atom is -0.462 e. The third kappa shape index (κ3) is 14.1. The summed E-state index contributed by atoms with van der Waals surface area (Å²) in [5.74, 6) is 1.72. The Morgan fingerprint density at radius 3 is 1.57 bits per heavy atom. The number of piperazine rings is 1. The van der Waals surface area contributed by atoms with E-state index < -0.39 is 35.6 Å².